The smallest absolute Gasteiger partial charge is 0.285 e. The van der Waals surface area contributed by atoms with Crippen LogP contribution in [-0.2, 0) is 42.7 Å². The molecule has 1 aliphatic heterocycles. The summed E-state index contributed by atoms with van der Waals surface area (Å²) < 4.78 is 172. The van der Waals surface area contributed by atoms with E-state index in [0.717, 1.165) is 34.7 Å². The summed E-state index contributed by atoms with van der Waals surface area (Å²) in [6.07, 6.45) is -18.6. The van der Waals surface area contributed by atoms with Gasteiger partial charge in [-0.3, -0.25) is 5.09 Å². The Hall–Kier alpha value is -4.44. The summed E-state index contributed by atoms with van der Waals surface area (Å²) in [4.78, 5) is 0. The number of alkyl halides is 12. The molecule has 0 spiro atoms. The van der Waals surface area contributed by atoms with Crippen LogP contribution < -0.4 is 15.7 Å². The van der Waals surface area contributed by atoms with Gasteiger partial charge in [0, 0.05) is 25.2 Å². The fourth-order valence-corrected chi connectivity index (χ4v) is 15.7. The fourth-order valence-electron chi connectivity index (χ4n) is 9.71. The molecular weight excluding hydrogens is 880 g/mol. The lowest BCUT2D eigenvalue weighted by Gasteiger charge is -2.45. The summed E-state index contributed by atoms with van der Waals surface area (Å²) in [5.41, 5.74) is -2.57. The maximum atomic E-state index is 14.3. The van der Waals surface area contributed by atoms with Gasteiger partial charge >= 0.3 is 24.7 Å². The highest BCUT2D eigenvalue weighted by Gasteiger charge is 2.48. The van der Waals surface area contributed by atoms with Crippen molar-refractivity contribution in [3.8, 4) is 0 Å². The van der Waals surface area contributed by atoms with Crippen molar-refractivity contribution in [3.05, 3.63) is 177 Å². The molecule has 63 heavy (non-hydrogen) atoms. The average Bonchev–Trinajstić information content (AvgIpc) is 3.35. The molecule has 1 N–H and O–H groups in total. The number of fused-ring (bicyclic) bond motifs is 7. The van der Waals surface area contributed by atoms with E-state index < -0.39 is 90.7 Å². The van der Waals surface area contributed by atoms with E-state index in [2.05, 4.69) is 42.3 Å². The van der Waals surface area contributed by atoms with Crippen LogP contribution in [0.3, 0.4) is 0 Å². The van der Waals surface area contributed by atoms with Gasteiger partial charge in [-0.25, -0.2) is 0 Å². The molecular formula is C48H39F12NP2. The van der Waals surface area contributed by atoms with E-state index in [0.29, 0.717) is 36.6 Å². The van der Waals surface area contributed by atoms with E-state index in [4.69, 9.17) is 0 Å². The van der Waals surface area contributed by atoms with Crippen molar-refractivity contribution < 1.29 is 52.7 Å². The summed E-state index contributed by atoms with van der Waals surface area (Å²) in [5.74, 6) is 0.0566. The summed E-state index contributed by atoms with van der Waals surface area (Å²) >= 11 is 0. The Bertz CT molecular complexity index is 2500. The van der Waals surface area contributed by atoms with E-state index in [1.807, 2.05) is 42.5 Å². The molecule has 0 fully saturated rings. The van der Waals surface area contributed by atoms with Gasteiger partial charge in [-0.2, -0.15) is 52.7 Å². The summed E-state index contributed by atoms with van der Waals surface area (Å²) in [6, 6.07) is 30.0. The van der Waals surface area contributed by atoms with Gasteiger partial charge in [-0.1, -0.05) is 106 Å². The van der Waals surface area contributed by atoms with Crippen molar-refractivity contribution in [2.24, 2.45) is 5.92 Å². The van der Waals surface area contributed by atoms with Gasteiger partial charge in [-0.05, 0) is 124 Å². The monoisotopic (exact) mass is 919 g/mol. The van der Waals surface area contributed by atoms with Crippen LogP contribution in [0.1, 0.15) is 76.0 Å². The zero-order chi connectivity index (χ0) is 45.3. The first kappa shape index (κ1) is 45.1. The molecule has 3 unspecified atom stereocenters. The summed E-state index contributed by atoms with van der Waals surface area (Å²) in [7, 11) is -4.19. The van der Waals surface area contributed by atoms with Crippen molar-refractivity contribution >= 4 is 37.4 Å². The zero-order valence-electron chi connectivity index (χ0n) is 33.6. The first-order valence-electron chi connectivity index (χ1n) is 20.1. The number of hydrogen-bond donors (Lipinski definition) is 1. The quantitative estimate of drug-likeness (QED) is 0.124. The van der Waals surface area contributed by atoms with Crippen LogP contribution in [0.5, 0.6) is 0 Å². The number of rotatable bonds is 7. The molecule has 6 aromatic carbocycles. The minimum atomic E-state index is -5.34. The van der Waals surface area contributed by atoms with E-state index in [1.54, 1.807) is 25.1 Å². The van der Waals surface area contributed by atoms with Crippen LogP contribution in [0.15, 0.2) is 127 Å². The molecule has 5 atom stereocenters. The van der Waals surface area contributed by atoms with Gasteiger partial charge in [0.1, 0.15) is 0 Å². The van der Waals surface area contributed by atoms with E-state index in [-0.39, 0.29) is 18.1 Å². The maximum absolute atomic E-state index is 14.3. The van der Waals surface area contributed by atoms with Gasteiger partial charge in [0.25, 0.3) is 0 Å². The average molecular weight is 920 g/mol. The molecule has 0 saturated heterocycles. The van der Waals surface area contributed by atoms with Crippen LogP contribution in [-0.4, -0.2) is 12.2 Å². The minimum Gasteiger partial charge on any atom is -0.285 e. The second-order valence-electron chi connectivity index (χ2n) is 16.5. The number of halogens is 12. The summed E-state index contributed by atoms with van der Waals surface area (Å²) in [6.45, 7) is 3.92. The highest BCUT2D eigenvalue weighted by atomic mass is 31.1. The van der Waals surface area contributed by atoms with Gasteiger partial charge < -0.3 is 0 Å². The van der Waals surface area contributed by atoms with Crippen LogP contribution in [0.4, 0.5) is 52.7 Å². The van der Waals surface area contributed by atoms with Gasteiger partial charge in [-0.15, -0.1) is 0 Å². The van der Waals surface area contributed by atoms with Crippen molar-refractivity contribution in [2.45, 2.75) is 74.7 Å². The lowest BCUT2D eigenvalue weighted by atomic mass is 9.60. The number of benzene rings is 6. The molecule has 0 amide bonds. The number of nitrogens with one attached hydrogen (secondary N) is 1. The van der Waals surface area contributed by atoms with Crippen molar-refractivity contribution in [3.63, 3.8) is 0 Å². The Balaban J connectivity index is 1.32. The van der Waals surface area contributed by atoms with Gasteiger partial charge in [0.05, 0.1) is 22.3 Å². The third kappa shape index (κ3) is 8.87. The number of hydrogen-bond acceptors (Lipinski definition) is 1. The Labute approximate surface area is 358 Å². The molecule has 0 aromatic heterocycles. The van der Waals surface area contributed by atoms with Crippen LogP contribution in [0, 0.1) is 5.92 Å². The molecule has 15 heteroatoms. The van der Waals surface area contributed by atoms with Crippen molar-refractivity contribution in [2.75, 3.05) is 6.16 Å². The van der Waals surface area contributed by atoms with Crippen LogP contribution in [0.25, 0.3) is 10.8 Å². The number of aryl methyl sites for hydroxylation is 1. The molecule has 1 aliphatic carbocycles. The molecule has 2 aliphatic rings. The predicted octanol–water partition coefficient (Wildman–Crippen LogP) is 14.5. The third-order valence-electron chi connectivity index (χ3n) is 12.5. The van der Waals surface area contributed by atoms with Gasteiger partial charge in [0.15, 0.2) is 0 Å². The molecule has 8 rings (SSSR count). The van der Waals surface area contributed by atoms with E-state index in [9.17, 15) is 52.7 Å². The molecule has 0 bridgehead atoms. The normalized spacial score (nSPS) is 20.4. The van der Waals surface area contributed by atoms with Crippen LogP contribution in [0.2, 0.25) is 0 Å². The molecule has 0 radical (unpaired) electrons. The molecule has 6 aromatic rings. The predicted molar refractivity (Wildman–Crippen MR) is 225 cm³/mol. The van der Waals surface area contributed by atoms with Crippen LogP contribution >= 0.6 is 16.0 Å². The largest absolute Gasteiger partial charge is 0.416 e. The topological polar surface area (TPSA) is 12.0 Å². The lowest BCUT2D eigenvalue weighted by molar-refractivity contribution is -0.144. The SMILES string of the molecule is C[C@H](NP(c1cc(C(F)(F)F)cc(C(F)(F)F)c1)c1cc(C(F)(F)F)cc(C(F)(F)F)c1)[C@H](c1ccccc1)P1Cc2ccc3ccccc3c2C2(C)c3ccccc3CCC2C1. The molecule has 330 valence electrons. The van der Waals surface area contributed by atoms with Crippen molar-refractivity contribution in [1.82, 2.24) is 5.09 Å². The van der Waals surface area contributed by atoms with E-state index in [1.165, 1.54) is 16.7 Å². The molecule has 1 heterocycles. The third-order valence-corrected chi connectivity index (χ3v) is 17.9. The Morgan fingerprint density at radius 3 is 1.67 bits per heavy atom. The summed E-state index contributed by atoms with van der Waals surface area (Å²) in [5, 5.41) is 3.80. The standard InChI is InChI=1S/C48H39F12NP2/c1-28(61-63(38-22-34(45(49,50)51)20-35(23-38)46(52,53)54)39-24-36(47(55,56)57)21-37(25-39)48(58,59)60)43(31-12-4-3-5-13-31)62-26-32-17-16-29-10-6-8-14-40(29)42(32)44(2)33(27-62)19-18-30-11-7-9-15-41(30)44/h3-17,20-25,28,33,43,61H,18-19,26-27H2,1-2H3/t28-,33?,43+,44?,62?/m0/s1. The molecule has 0 saturated carbocycles. The second kappa shape index (κ2) is 16.5. The minimum absolute atomic E-state index is 0.0566. The highest BCUT2D eigenvalue weighted by Crippen LogP contribution is 2.64. The Morgan fingerprint density at radius 2 is 1.11 bits per heavy atom. The second-order valence-corrected chi connectivity index (χ2v) is 20.9. The van der Waals surface area contributed by atoms with E-state index >= 15 is 0 Å². The van der Waals surface area contributed by atoms with Gasteiger partial charge in [0.2, 0.25) is 0 Å². The Morgan fingerprint density at radius 1 is 0.603 bits per heavy atom. The maximum Gasteiger partial charge on any atom is 0.416 e. The van der Waals surface area contributed by atoms with Crippen molar-refractivity contribution in [1.29, 1.82) is 0 Å². The zero-order valence-corrected chi connectivity index (χ0v) is 35.4. The first-order chi connectivity index (χ1) is 29.5. The lowest BCUT2D eigenvalue weighted by Crippen LogP contribution is -2.40. The highest BCUT2D eigenvalue weighted by molar-refractivity contribution is 7.71. The first-order valence-corrected chi connectivity index (χ1v) is 23.2. The fraction of sp³-hybridized carbons (Fsp3) is 0.292. The molecule has 1 nitrogen and oxygen atoms in total. The Kier molecular flexibility index (Phi) is 11.8.